The fourth-order valence-electron chi connectivity index (χ4n) is 4.40. The highest BCUT2D eigenvalue weighted by Gasteiger charge is 2.30. The first-order chi connectivity index (χ1) is 18.0. The topological polar surface area (TPSA) is 93.4 Å². The zero-order chi connectivity index (χ0) is 27.1. The van der Waals surface area contributed by atoms with E-state index in [0.717, 1.165) is 4.68 Å². The van der Waals surface area contributed by atoms with Gasteiger partial charge in [0, 0.05) is 42.0 Å². The summed E-state index contributed by atoms with van der Waals surface area (Å²) in [6.07, 6.45) is -1.33. The predicted octanol–water partition coefficient (Wildman–Crippen LogP) is 4.42. The SMILES string of the molecule is CC(C)(O)c1ccnc(-c2ccc(-c3nn(CC(F)(F)F)c4ccc(C(=O)N5CCOCC5)cc34)nc2)c1. The number of benzene rings is 1. The number of halogens is 3. The molecule has 1 N–H and O–H groups in total. The van der Waals surface area contributed by atoms with Gasteiger partial charge in [-0.05, 0) is 61.9 Å². The minimum Gasteiger partial charge on any atom is -0.386 e. The molecule has 1 fully saturated rings. The number of carbonyl (C=O) groups excluding carboxylic acids is 1. The van der Waals surface area contributed by atoms with Crippen molar-refractivity contribution in [2.45, 2.75) is 32.2 Å². The van der Waals surface area contributed by atoms with Crippen molar-refractivity contribution in [3.8, 4) is 22.6 Å². The Hall–Kier alpha value is -3.83. The normalized spacial score (nSPS) is 14.7. The van der Waals surface area contributed by atoms with Crippen molar-refractivity contribution >= 4 is 16.8 Å². The third-order valence-electron chi connectivity index (χ3n) is 6.39. The summed E-state index contributed by atoms with van der Waals surface area (Å²) in [5.41, 5.74) is 2.10. The number of pyridine rings is 2. The van der Waals surface area contributed by atoms with Gasteiger partial charge in [0.1, 0.15) is 12.2 Å². The predicted molar refractivity (Wildman–Crippen MR) is 134 cm³/mol. The Morgan fingerprint density at radius 1 is 1.03 bits per heavy atom. The lowest BCUT2D eigenvalue weighted by Crippen LogP contribution is -2.40. The third kappa shape index (κ3) is 5.39. The molecule has 1 aromatic carbocycles. The van der Waals surface area contributed by atoms with E-state index in [-0.39, 0.29) is 17.1 Å². The molecule has 0 atom stereocenters. The second kappa shape index (κ2) is 9.80. The molecule has 0 saturated carbocycles. The van der Waals surface area contributed by atoms with Gasteiger partial charge < -0.3 is 14.7 Å². The number of fused-ring (bicyclic) bond motifs is 1. The zero-order valence-electron chi connectivity index (χ0n) is 20.9. The molecule has 0 spiro atoms. The molecule has 0 radical (unpaired) electrons. The number of aromatic nitrogens is 4. The molecule has 198 valence electrons. The van der Waals surface area contributed by atoms with Gasteiger partial charge in [0.2, 0.25) is 0 Å². The van der Waals surface area contributed by atoms with E-state index in [0.29, 0.717) is 59.8 Å². The highest BCUT2D eigenvalue weighted by Crippen LogP contribution is 2.32. The Balaban J connectivity index is 1.54. The molecule has 1 amide bonds. The van der Waals surface area contributed by atoms with Crippen molar-refractivity contribution in [3.63, 3.8) is 0 Å². The molecule has 38 heavy (non-hydrogen) atoms. The van der Waals surface area contributed by atoms with Crippen LogP contribution in [0, 0.1) is 0 Å². The van der Waals surface area contributed by atoms with Gasteiger partial charge in [-0.25, -0.2) is 0 Å². The van der Waals surface area contributed by atoms with Gasteiger partial charge >= 0.3 is 6.18 Å². The van der Waals surface area contributed by atoms with Gasteiger partial charge in [-0.1, -0.05) is 0 Å². The second-order valence-corrected chi connectivity index (χ2v) is 9.68. The lowest BCUT2D eigenvalue weighted by molar-refractivity contribution is -0.141. The molecule has 4 heterocycles. The van der Waals surface area contributed by atoms with Gasteiger partial charge in [-0.15, -0.1) is 0 Å². The van der Waals surface area contributed by atoms with E-state index in [1.807, 2.05) is 0 Å². The summed E-state index contributed by atoms with van der Waals surface area (Å²) < 4.78 is 46.1. The second-order valence-electron chi connectivity index (χ2n) is 9.68. The van der Waals surface area contributed by atoms with E-state index in [2.05, 4.69) is 15.1 Å². The smallest absolute Gasteiger partial charge is 0.386 e. The first-order valence-electron chi connectivity index (χ1n) is 12.1. The Labute approximate surface area is 216 Å². The standard InChI is InChI=1S/C27H26F3N5O3/c1-26(2,37)19-7-8-31-22(14-19)18-3-5-21(32-15-18)24-20-13-17(25(36)34-9-11-38-12-10-34)4-6-23(20)35(33-24)16-27(28,29)30/h3-8,13-15,37H,9-12,16H2,1-2H3. The minimum absolute atomic E-state index is 0.217. The molecule has 0 bridgehead atoms. The van der Waals surface area contributed by atoms with Crippen LogP contribution in [0.15, 0.2) is 54.9 Å². The molecule has 8 nitrogen and oxygen atoms in total. The van der Waals surface area contributed by atoms with Crippen LogP contribution in [0.3, 0.4) is 0 Å². The van der Waals surface area contributed by atoms with Crippen LogP contribution in [0.25, 0.3) is 33.5 Å². The van der Waals surface area contributed by atoms with E-state index < -0.39 is 18.3 Å². The number of carbonyl (C=O) groups is 1. The minimum atomic E-state index is -4.48. The van der Waals surface area contributed by atoms with Crippen molar-refractivity contribution in [1.82, 2.24) is 24.6 Å². The molecule has 1 aliphatic rings. The first-order valence-corrected chi connectivity index (χ1v) is 12.1. The molecule has 3 aromatic heterocycles. The van der Waals surface area contributed by atoms with Crippen LogP contribution in [-0.2, 0) is 16.9 Å². The van der Waals surface area contributed by atoms with E-state index >= 15 is 0 Å². The molecule has 11 heteroatoms. The average Bonchev–Trinajstić information content (AvgIpc) is 3.24. The van der Waals surface area contributed by atoms with Crippen LogP contribution in [-0.4, -0.2) is 68.1 Å². The van der Waals surface area contributed by atoms with Gasteiger partial charge in [0.15, 0.2) is 0 Å². The number of aliphatic hydroxyl groups is 1. The molecule has 1 saturated heterocycles. The number of ether oxygens (including phenoxy) is 1. The van der Waals surface area contributed by atoms with E-state index in [1.165, 1.54) is 12.1 Å². The first kappa shape index (κ1) is 25.8. The van der Waals surface area contributed by atoms with Crippen LogP contribution < -0.4 is 0 Å². The summed E-state index contributed by atoms with van der Waals surface area (Å²) in [6.45, 7) is 3.85. The molecule has 5 rings (SSSR count). The quantitative estimate of drug-likeness (QED) is 0.415. The molecule has 0 unspecified atom stereocenters. The lowest BCUT2D eigenvalue weighted by Gasteiger charge is -2.26. The van der Waals surface area contributed by atoms with Crippen molar-refractivity contribution in [2.75, 3.05) is 26.3 Å². The highest BCUT2D eigenvalue weighted by atomic mass is 19.4. The lowest BCUT2D eigenvalue weighted by atomic mass is 9.98. The van der Waals surface area contributed by atoms with Crippen LogP contribution >= 0.6 is 0 Å². The van der Waals surface area contributed by atoms with Gasteiger partial charge in [-0.2, -0.15) is 18.3 Å². The molecular formula is C27H26F3N5O3. The Morgan fingerprint density at radius 2 is 1.79 bits per heavy atom. The fourth-order valence-corrected chi connectivity index (χ4v) is 4.40. The van der Waals surface area contributed by atoms with Crippen LogP contribution in [0.5, 0.6) is 0 Å². The number of hydrogen-bond acceptors (Lipinski definition) is 6. The van der Waals surface area contributed by atoms with E-state index in [9.17, 15) is 23.1 Å². The molecule has 0 aliphatic carbocycles. The summed E-state index contributed by atoms with van der Waals surface area (Å²) in [6, 6.07) is 11.5. The van der Waals surface area contributed by atoms with E-state index in [1.54, 1.807) is 61.5 Å². The van der Waals surface area contributed by atoms with Crippen molar-refractivity contribution in [2.24, 2.45) is 0 Å². The van der Waals surface area contributed by atoms with Crippen LogP contribution in [0.2, 0.25) is 0 Å². The number of rotatable bonds is 5. The summed E-state index contributed by atoms with van der Waals surface area (Å²) in [5.74, 6) is -0.217. The number of morpholine rings is 1. The summed E-state index contributed by atoms with van der Waals surface area (Å²) >= 11 is 0. The molecule has 1 aliphatic heterocycles. The molecule has 4 aromatic rings. The average molecular weight is 526 g/mol. The maximum absolute atomic E-state index is 13.3. The number of alkyl halides is 3. The number of nitrogens with zero attached hydrogens (tertiary/aromatic N) is 5. The summed E-state index contributed by atoms with van der Waals surface area (Å²) in [5, 5.41) is 15.0. The summed E-state index contributed by atoms with van der Waals surface area (Å²) in [4.78, 5) is 23.5. The van der Waals surface area contributed by atoms with Crippen molar-refractivity contribution in [1.29, 1.82) is 0 Å². The fraction of sp³-hybridized carbons (Fsp3) is 0.333. The van der Waals surface area contributed by atoms with Gasteiger partial charge in [-0.3, -0.25) is 19.4 Å². The van der Waals surface area contributed by atoms with Gasteiger partial charge in [0.05, 0.1) is 35.7 Å². The Bertz CT molecular complexity index is 1470. The van der Waals surface area contributed by atoms with Gasteiger partial charge in [0.25, 0.3) is 5.91 Å². The van der Waals surface area contributed by atoms with Crippen LogP contribution in [0.4, 0.5) is 13.2 Å². The van der Waals surface area contributed by atoms with Crippen molar-refractivity contribution in [3.05, 3.63) is 66.0 Å². The largest absolute Gasteiger partial charge is 0.408 e. The van der Waals surface area contributed by atoms with Crippen LogP contribution in [0.1, 0.15) is 29.8 Å². The highest BCUT2D eigenvalue weighted by molar-refractivity contribution is 6.01. The monoisotopic (exact) mass is 525 g/mol. The number of hydrogen-bond donors (Lipinski definition) is 1. The zero-order valence-corrected chi connectivity index (χ0v) is 20.9. The maximum Gasteiger partial charge on any atom is 0.408 e. The number of amides is 1. The third-order valence-corrected chi connectivity index (χ3v) is 6.39. The Morgan fingerprint density at radius 3 is 2.45 bits per heavy atom. The van der Waals surface area contributed by atoms with Crippen molar-refractivity contribution < 1.29 is 27.8 Å². The maximum atomic E-state index is 13.3. The Kier molecular flexibility index (Phi) is 6.66. The summed E-state index contributed by atoms with van der Waals surface area (Å²) in [7, 11) is 0. The van der Waals surface area contributed by atoms with E-state index in [4.69, 9.17) is 4.74 Å². The molecular weight excluding hydrogens is 499 g/mol.